The van der Waals surface area contributed by atoms with Crippen LogP contribution in [0.25, 0.3) is 6.08 Å². The molecule has 3 rings (SSSR count). The second-order valence-electron chi connectivity index (χ2n) is 5.44. The van der Waals surface area contributed by atoms with Crippen LogP contribution in [0.3, 0.4) is 0 Å². The maximum Gasteiger partial charge on any atom is 0.344 e. The highest BCUT2D eigenvalue weighted by Gasteiger charge is 2.28. The van der Waals surface area contributed by atoms with Gasteiger partial charge in [0.1, 0.15) is 17.2 Å². The summed E-state index contributed by atoms with van der Waals surface area (Å²) in [6.45, 7) is 1.43. The maximum absolute atomic E-state index is 12.5. The van der Waals surface area contributed by atoms with Crippen molar-refractivity contribution in [1.29, 1.82) is 0 Å². The van der Waals surface area contributed by atoms with Gasteiger partial charge in [-0.1, -0.05) is 18.2 Å². The van der Waals surface area contributed by atoms with Crippen LogP contribution in [0.5, 0.6) is 17.2 Å². The van der Waals surface area contributed by atoms with Crippen LogP contribution in [0.2, 0.25) is 0 Å². The summed E-state index contributed by atoms with van der Waals surface area (Å²) < 4.78 is 16.2. The third-order valence-electron chi connectivity index (χ3n) is 3.73. The number of methoxy groups -OCH3 is 1. The molecule has 1 heterocycles. The molecule has 0 radical (unpaired) electrons. The topological polar surface area (TPSA) is 82.1 Å². The van der Waals surface area contributed by atoms with Crippen LogP contribution >= 0.6 is 0 Å². The number of carboxylic acid groups (broad SMARTS) is 1. The van der Waals surface area contributed by atoms with Crippen LogP contribution in [-0.4, -0.2) is 30.1 Å². The fourth-order valence-corrected chi connectivity index (χ4v) is 2.42. The molecule has 2 aromatic carbocycles. The molecule has 1 atom stereocenters. The van der Waals surface area contributed by atoms with E-state index in [1.54, 1.807) is 31.4 Å². The first-order valence-electron chi connectivity index (χ1n) is 7.60. The number of Topliss-reactive ketones (excluding diaryl/α,β-unsaturated/α-hetero) is 1. The second kappa shape index (κ2) is 6.68. The van der Waals surface area contributed by atoms with Crippen molar-refractivity contribution >= 4 is 17.8 Å². The van der Waals surface area contributed by atoms with E-state index in [1.807, 2.05) is 18.2 Å². The normalized spacial score (nSPS) is 15.4. The Labute approximate surface area is 144 Å². The third kappa shape index (κ3) is 3.33. The molecule has 0 unspecified atom stereocenters. The Morgan fingerprint density at radius 1 is 1.24 bits per heavy atom. The number of benzene rings is 2. The van der Waals surface area contributed by atoms with Crippen molar-refractivity contribution < 1.29 is 28.9 Å². The smallest absolute Gasteiger partial charge is 0.344 e. The zero-order valence-electron chi connectivity index (χ0n) is 13.7. The first-order valence-corrected chi connectivity index (χ1v) is 7.60. The largest absolute Gasteiger partial charge is 0.496 e. The van der Waals surface area contributed by atoms with Gasteiger partial charge in [-0.15, -0.1) is 0 Å². The number of aliphatic carboxylic acids is 1. The minimum atomic E-state index is -1.07. The van der Waals surface area contributed by atoms with Gasteiger partial charge in [0, 0.05) is 11.6 Å². The van der Waals surface area contributed by atoms with Crippen molar-refractivity contribution in [1.82, 2.24) is 0 Å². The Morgan fingerprint density at radius 3 is 2.72 bits per heavy atom. The summed E-state index contributed by atoms with van der Waals surface area (Å²) in [5.41, 5.74) is 1.12. The average molecular weight is 340 g/mol. The molecule has 2 aromatic rings. The molecule has 0 spiro atoms. The number of fused-ring (bicyclic) bond motifs is 1. The van der Waals surface area contributed by atoms with Gasteiger partial charge in [-0.2, -0.15) is 0 Å². The summed E-state index contributed by atoms with van der Waals surface area (Å²) in [5.74, 6) is 0.124. The zero-order valence-corrected chi connectivity index (χ0v) is 13.7. The van der Waals surface area contributed by atoms with Gasteiger partial charge >= 0.3 is 5.97 Å². The Balaban J connectivity index is 1.88. The number of ether oxygens (including phenoxy) is 3. The number of carboxylic acids is 1. The molecule has 0 aliphatic carbocycles. The summed E-state index contributed by atoms with van der Waals surface area (Å²) >= 11 is 0. The molecule has 0 aromatic heterocycles. The van der Waals surface area contributed by atoms with Gasteiger partial charge in [-0.25, -0.2) is 4.79 Å². The Kier molecular flexibility index (Phi) is 4.43. The Hall–Kier alpha value is -3.28. The summed E-state index contributed by atoms with van der Waals surface area (Å²) in [7, 11) is 1.55. The quantitative estimate of drug-likeness (QED) is 0.842. The molecule has 1 N–H and O–H groups in total. The monoisotopic (exact) mass is 340 g/mol. The minimum absolute atomic E-state index is 0.169. The fraction of sp³-hybridized carbons (Fsp3) is 0.158. The number of hydrogen-bond acceptors (Lipinski definition) is 5. The van der Waals surface area contributed by atoms with Crippen LogP contribution in [0.15, 0.2) is 48.2 Å². The van der Waals surface area contributed by atoms with E-state index < -0.39 is 12.1 Å². The molecule has 128 valence electrons. The number of para-hydroxylation sites is 1. The lowest BCUT2D eigenvalue weighted by Gasteiger charge is -2.10. The average Bonchev–Trinajstić information content (AvgIpc) is 2.90. The lowest BCUT2D eigenvalue weighted by atomic mass is 10.1. The van der Waals surface area contributed by atoms with Gasteiger partial charge in [-0.05, 0) is 31.2 Å². The van der Waals surface area contributed by atoms with Gasteiger partial charge in [0.05, 0.1) is 12.7 Å². The maximum atomic E-state index is 12.5. The van der Waals surface area contributed by atoms with E-state index in [0.29, 0.717) is 22.8 Å². The molecule has 6 heteroatoms. The van der Waals surface area contributed by atoms with E-state index in [9.17, 15) is 9.59 Å². The highest BCUT2D eigenvalue weighted by atomic mass is 16.5. The van der Waals surface area contributed by atoms with Crippen LogP contribution in [0, 0.1) is 0 Å². The van der Waals surface area contributed by atoms with Crippen LogP contribution in [-0.2, 0) is 4.79 Å². The number of carbonyl (C=O) groups is 2. The molecule has 0 amide bonds. The van der Waals surface area contributed by atoms with Gasteiger partial charge in [0.25, 0.3) is 0 Å². The summed E-state index contributed by atoms with van der Waals surface area (Å²) in [6, 6.07) is 11.9. The molecule has 6 nitrogen and oxygen atoms in total. The summed E-state index contributed by atoms with van der Waals surface area (Å²) in [4.78, 5) is 23.3. The Morgan fingerprint density at radius 2 is 2.00 bits per heavy atom. The highest BCUT2D eigenvalue weighted by molar-refractivity contribution is 6.14. The minimum Gasteiger partial charge on any atom is -0.496 e. The molecule has 1 aliphatic heterocycles. The predicted octanol–water partition coefficient (Wildman–Crippen LogP) is 3.16. The third-order valence-corrected chi connectivity index (χ3v) is 3.73. The summed E-state index contributed by atoms with van der Waals surface area (Å²) in [5, 5.41) is 8.90. The standard InChI is InChI=1S/C19H16O6/c1-11(19(21)22)24-13-7-8-14-16(10-13)25-17(18(14)20)9-12-5-3-4-6-15(12)23-2/h3-11H,1-2H3,(H,21,22)/b17-9-/t11-/m0/s1. The van der Waals surface area contributed by atoms with Gasteiger partial charge in [0.15, 0.2) is 11.9 Å². The van der Waals surface area contributed by atoms with Crippen molar-refractivity contribution in [2.24, 2.45) is 0 Å². The first kappa shape index (κ1) is 16.6. The van der Waals surface area contributed by atoms with E-state index in [-0.39, 0.29) is 11.5 Å². The molecule has 0 fully saturated rings. The van der Waals surface area contributed by atoms with Crippen molar-refractivity contribution in [2.75, 3.05) is 7.11 Å². The molecular formula is C19H16O6. The molecular weight excluding hydrogens is 324 g/mol. The van der Waals surface area contributed by atoms with Crippen molar-refractivity contribution in [3.63, 3.8) is 0 Å². The van der Waals surface area contributed by atoms with E-state index in [1.165, 1.54) is 13.0 Å². The van der Waals surface area contributed by atoms with E-state index in [4.69, 9.17) is 19.3 Å². The predicted molar refractivity (Wildman–Crippen MR) is 90.1 cm³/mol. The number of ketones is 1. The molecule has 0 saturated heterocycles. The van der Waals surface area contributed by atoms with E-state index in [2.05, 4.69) is 0 Å². The van der Waals surface area contributed by atoms with Crippen LogP contribution < -0.4 is 14.2 Å². The SMILES string of the molecule is COc1ccccc1/C=C1\Oc2cc(O[C@@H](C)C(=O)O)ccc2C1=O. The second-order valence-corrected chi connectivity index (χ2v) is 5.44. The van der Waals surface area contributed by atoms with E-state index >= 15 is 0 Å². The van der Waals surface area contributed by atoms with Crippen molar-refractivity contribution in [2.45, 2.75) is 13.0 Å². The molecule has 0 bridgehead atoms. The number of allylic oxidation sites excluding steroid dienone is 1. The first-order chi connectivity index (χ1) is 12.0. The zero-order chi connectivity index (χ0) is 18.0. The molecule has 25 heavy (non-hydrogen) atoms. The molecule has 0 saturated carbocycles. The lowest BCUT2D eigenvalue weighted by Crippen LogP contribution is -2.22. The van der Waals surface area contributed by atoms with E-state index in [0.717, 1.165) is 5.56 Å². The van der Waals surface area contributed by atoms with Crippen molar-refractivity contribution in [3.05, 3.63) is 59.4 Å². The molecule has 1 aliphatic rings. The van der Waals surface area contributed by atoms with Crippen LogP contribution in [0.4, 0.5) is 0 Å². The van der Waals surface area contributed by atoms with Crippen molar-refractivity contribution in [3.8, 4) is 17.2 Å². The number of rotatable bonds is 5. The van der Waals surface area contributed by atoms with Gasteiger partial charge < -0.3 is 19.3 Å². The Bertz CT molecular complexity index is 868. The fourth-order valence-electron chi connectivity index (χ4n) is 2.42. The summed E-state index contributed by atoms with van der Waals surface area (Å²) in [6.07, 6.45) is 0.612. The van der Waals surface area contributed by atoms with Gasteiger partial charge in [-0.3, -0.25) is 4.79 Å². The number of hydrogen-bond donors (Lipinski definition) is 1. The number of carbonyl (C=O) groups excluding carboxylic acids is 1. The lowest BCUT2D eigenvalue weighted by molar-refractivity contribution is -0.144. The van der Waals surface area contributed by atoms with Gasteiger partial charge in [0.2, 0.25) is 5.78 Å². The highest BCUT2D eigenvalue weighted by Crippen LogP contribution is 2.35. The van der Waals surface area contributed by atoms with Crippen LogP contribution in [0.1, 0.15) is 22.8 Å².